The van der Waals surface area contributed by atoms with Gasteiger partial charge in [-0.1, -0.05) is 204 Å². The molecule has 8 nitrogen and oxygen atoms in total. The van der Waals surface area contributed by atoms with E-state index in [-0.39, 0.29) is 19.1 Å². The summed E-state index contributed by atoms with van der Waals surface area (Å²) in [5.41, 5.74) is 0. The molecule has 0 fully saturated rings. The minimum Gasteiger partial charge on any atom is -0.387 e. The number of rotatable bonds is 47. The number of aliphatic hydroxyl groups excluding tert-OH is 1. The molecule has 0 heterocycles. The molecule has 9 heteroatoms. The monoisotopic (exact) mass is 894 g/mol. The van der Waals surface area contributed by atoms with Crippen molar-refractivity contribution in [2.45, 2.75) is 244 Å². The average Bonchev–Trinajstić information content (AvgIpc) is 3.23. The molecule has 0 aromatic heterocycles. The third-order valence-electron chi connectivity index (χ3n) is 11.5. The second kappa shape index (κ2) is 44.7. The molecule has 0 spiro atoms. The maximum absolute atomic E-state index is 12.9. The van der Waals surface area contributed by atoms with E-state index in [0.717, 1.165) is 44.9 Å². The van der Waals surface area contributed by atoms with Crippen LogP contribution in [0.4, 0.5) is 0 Å². The minimum atomic E-state index is -4.36. The molecular weight excluding hydrogens is 792 g/mol. The molecule has 0 bridgehead atoms. The highest BCUT2D eigenvalue weighted by molar-refractivity contribution is 7.47. The van der Waals surface area contributed by atoms with Crippen LogP contribution in [-0.2, 0) is 18.4 Å². The van der Waals surface area contributed by atoms with Crippen molar-refractivity contribution in [1.82, 2.24) is 5.32 Å². The number of likely N-dealkylation sites (N-methyl/N-ethyl adjacent to an activating group) is 1. The van der Waals surface area contributed by atoms with E-state index in [0.29, 0.717) is 17.4 Å². The van der Waals surface area contributed by atoms with Gasteiger partial charge < -0.3 is 19.8 Å². The van der Waals surface area contributed by atoms with Crippen molar-refractivity contribution in [3.63, 3.8) is 0 Å². The van der Waals surface area contributed by atoms with Gasteiger partial charge in [0.25, 0.3) is 0 Å². The number of nitrogens with one attached hydrogen (secondary N) is 1. The molecule has 0 rings (SSSR count). The van der Waals surface area contributed by atoms with Crippen LogP contribution in [0.25, 0.3) is 0 Å². The van der Waals surface area contributed by atoms with Crippen LogP contribution in [0, 0.1) is 0 Å². The maximum atomic E-state index is 12.9. The van der Waals surface area contributed by atoms with Gasteiger partial charge in [0, 0.05) is 6.42 Å². The Morgan fingerprint density at radius 3 is 1.29 bits per heavy atom. The van der Waals surface area contributed by atoms with Crippen molar-refractivity contribution in [3.8, 4) is 0 Å². The number of allylic oxidation sites excluding steroid dienone is 7. The molecule has 0 radical (unpaired) electrons. The number of carbonyl (C=O) groups excluding carboxylic acids is 1. The highest BCUT2D eigenvalue weighted by Crippen LogP contribution is 2.43. The molecule has 3 N–H and O–H groups in total. The molecule has 0 aliphatic carbocycles. The number of nitrogens with zero attached hydrogens (tertiary/aromatic N) is 1. The molecule has 0 aromatic rings. The number of phosphoric acid groups is 1. The summed E-state index contributed by atoms with van der Waals surface area (Å²) in [6.45, 7) is 4.79. The number of amides is 1. The quantitative estimate of drug-likeness (QED) is 0.0243. The highest BCUT2D eigenvalue weighted by atomic mass is 31.2. The van der Waals surface area contributed by atoms with Crippen molar-refractivity contribution in [3.05, 3.63) is 48.6 Å². The fourth-order valence-electron chi connectivity index (χ4n) is 7.36. The van der Waals surface area contributed by atoms with E-state index >= 15 is 0 Å². The summed E-state index contributed by atoms with van der Waals surface area (Å²) in [6.07, 6.45) is 57.7. The first kappa shape index (κ1) is 60.5. The Balaban J connectivity index is 4.38. The van der Waals surface area contributed by atoms with Crippen molar-refractivity contribution >= 4 is 13.7 Å². The molecule has 0 saturated heterocycles. The van der Waals surface area contributed by atoms with Gasteiger partial charge in [0.05, 0.1) is 39.9 Å². The van der Waals surface area contributed by atoms with Crippen LogP contribution in [0.15, 0.2) is 48.6 Å². The van der Waals surface area contributed by atoms with Crippen LogP contribution < -0.4 is 5.32 Å². The molecule has 0 saturated carbocycles. The van der Waals surface area contributed by atoms with Crippen molar-refractivity contribution in [2.24, 2.45) is 0 Å². The Kier molecular flexibility index (Phi) is 43.5. The second-order valence-electron chi connectivity index (χ2n) is 18.9. The topological polar surface area (TPSA) is 105 Å². The standard InChI is InChI=1S/C53H101N2O6P/c1-6-8-10-12-14-16-18-20-22-24-26-27-29-31-33-35-37-39-41-43-45-47-53(57)54-51(50-61-62(58,59)60-49-48-55(3,4)5)52(56)46-44-42-40-38-36-34-32-30-28-25-23-21-19-17-15-13-11-9-7-2/h27-30,36,38,44,46,51-52,56H,6-26,31-35,37,39-43,45,47-50H2,1-5H3,(H-,54,57,58,59)/p+1/b29-27-,30-28+,38-36+,46-44+. The predicted molar refractivity (Wildman–Crippen MR) is 267 cm³/mol. The lowest BCUT2D eigenvalue weighted by Crippen LogP contribution is -2.45. The summed E-state index contributed by atoms with van der Waals surface area (Å²) in [5, 5.41) is 13.9. The number of quaternary nitrogens is 1. The summed E-state index contributed by atoms with van der Waals surface area (Å²) in [7, 11) is 1.54. The van der Waals surface area contributed by atoms with Crippen LogP contribution in [0.3, 0.4) is 0 Å². The van der Waals surface area contributed by atoms with Gasteiger partial charge in [-0.05, 0) is 70.6 Å². The van der Waals surface area contributed by atoms with Crippen molar-refractivity contribution in [2.75, 3.05) is 40.9 Å². The van der Waals surface area contributed by atoms with E-state index < -0.39 is 20.0 Å². The Morgan fingerprint density at radius 2 is 0.887 bits per heavy atom. The lowest BCUT2D eigenvalue weighted by atomic mass is 10.1. The van der Waals surface area contributed by atoms with E-state index in [1.165, 1.54) is 167 Å². The van der Waals surface area contributed by atoms with Gasteiger partial charge in [-0.15, -0.1) is 0 Å². The van der Waals surface area contributed by atoms with Crippen LogP contribution in [0.2, 0.25) is 0 Å². The van der Waals surface area contributed by atoms with Gasteiger partial charge in [-0.25, -0.2) is 4.57 Å². The average molecular weight is 894 g/mol. The normalized spacial score (nSPS) is 14.5. The Labute approximate surface area is 384 Å². The van der Waals surface area contributed by atoms with Crippen LogP contribution >= 0.6 is 7.82 Å². The number of phosphoric ester groups is 1. The molecule has 0 aromatic carbocycles. The molecule has 364 valence electrons. The zero-order chi connectivity index (χ0) is 45.7. The van der Waals surface area contributed by atoms with Gasteiger partial charge in [0.15, 0.2) is 0 Å². The van der Waals surface area contributed by atoms with Gasteiger partial charge in [0.2, 0.25) is 5.91 Å². The largest absolute Gasteiger partial charge is 0.472 e. The van der Waals surface area contributed by atoms with E-state index in [1.54, 1.807) is 6.08 Å². The summed E-state index contributed by atoms with van der Waals surface area (Å²) in [6, 6.07) is -0.872. The predicted octanol–water partition coefficient (Wildman–Crippen LogP) is 15.2. The molecule has 0 aliphatic heterocycles. The third-order valence-corrected chi connectivity index (χ3v) is 12.5. The third kappa shape index (κ3) is 46.5. The summed E-state index contributed by atoms with van der Waals surface area (Å²) in [5.74, 6) is -0.195. The second-order valence-corrected chi connectivity index (χ2v) is 20.3. The van der Waals surface area contributed by atoms with E-state index in [4.69, 9.17) is 9.05 Å². The first-order chi connectivity index (χ1) is 30.0. The fraction of sp³-hybridized carbons (Fsp3) is 0.830. The van der Waals surface area contributed by atoms with Crippen molar-refractivity contribution in [1.29, 1.82) is 0 Å². The van der Waals surface area contributed by atoms with Crippen LogP contribution in [0.5, 0.6) is 0 Å². The number of carbonyl (C=O) groups is 1. The Bertz CT molecular complexity index is 1150. The summed E-state index contributed by atoms with van der Waals surface area (Å²) in [4.78, 5) is 23.2. The molecule has 1 amide bonds. The molecular formula is C53H102N2O6P+. The van der Waals surface area contributed by atoms with Crippen LogP contribution in [0.1, 0.15) is 232 Å². The summed E-state index contributed by atoms with van der Waals surface area (Å²) >= 11 is 0. The van der Waals surface area contributed by atoms with Gasteiger partial charge in [-0.3, -0.25) is 13.8 Å². The lowest BCUT2D eigenvalue weighted by Gasteiger charge is -2.25. The fourth-order valence-corrected chi connectivity index (χ4v) is 8.10. The van der Waals surface area contributed by atoms with Gasteiger partial charge in [-0.2, -0.15) is 0 Å². The number of hydrogen-bond donors (Lipinski definition) is 3. The lowest BCUT2D eigenvalue weighted by molar-refractivity contribution is -0.870. The zero-order valence-electron chi connectivity index (χ0n) is 41.4. The zero-order valence-corrected chi connectivity index (χ0v) is 42.3. The first-order valence-corrected chi connectivity index (χ1v) is 27.5. The van der Waals surface area contributed by atoms with Crippen LogP contribution in [-0.4, -0.2) is 73.4 Å². The Hall–Kier alpha value is -1.54. The number of unbranched alkanes of at least 4 members (excludes halogenated alkanes) is 28. The highest BCUT2D eigenvalue weighted by Gasteiger charge is 2.27. The number of aliphatic hydroxyl groups is 1. The smallest absolute Gasteiger partial charge is 0.387 e. The van der Waals surface area contributed by atoms with E-state index in [1.807, 2.05) is 27.2 Å². The summed E-state index contributed by atoms with van der Waals surface area (Å²) < 4.78 is 23.6. The van der Waals surface area contributed by atoms with Gasteiger partial charge >= 0.3 is 7.82 Å². The van der Waals surface area contributed by atoms with Gasteiger partial charge in [0.1, 0.15) is 13.2 Å². The SMILES string of the molecule is CCCCCCCCCCC/C=C/CC/C=C/CC/C=C/C(O)C(COP(=O)(O)OCC[N+](C)(C)C)NC(=O)CCCCCCCCC/C=C\CCCCCCCCCCCC. The minimum absolute atomic E-state index is 0.0520. The van der Waals surface area contributed by atoms with Crippen molar-refractivity contribution < 1.29 is 32.9 Å². The number of hydrogen-bond acceptors (Lipinski definition) is 5. The molecule has 62 heavy (non-hydrogen) atoms. The first-order valence-electron chi connectivity index (χ1n) is 26.0. The van der Waals surface area contributed by atoms with E-state index in [9.17, 15) is 19.4 Å². The molecule has 3 unspecified atom stereocenters. The maximum Gasteiger partial charge on any atom is 0.472 e. The Morgan fingerprint density at radius 1 is 0.532 bits per heavy atom. The van der Waals surface area contributed by atoms with E-state index in [2.05, 4.69) is 55.6 Å². The molecule has 3 atom stereocenters. The molecule has 0 aliphatic rings.